The molecule has 32 heavy (non-hydrogen) atoms. The van der Waals surface area contributed by atoms with E-state index in [0.717, 1.165) is 12.8 Å². The predicted molar refractivity (Wildman–Crippen MR) is 120 cm³/mol. The van der Waals surface area contributed by atoms with Crippen molar-refractivity contribution in [1.29, 1.82) is 0 Å². The van der Waals surface area contributed by atoms with Gasteiger partial charge in [-0.05, 0) is 43.4 Å². The Bertz CT molecular complexity index is 897. The molecule has 2 aliphatic heterocycles. The van der Waals surface area contributed by atoms with Crippen LogP contribution in [0.1, 0.15) is 41.8 Å². The molecule has 1 aromatic heterocycles. The van der Waals surface area contributed by atoms with Crippen LogP contribution in [0.5, 0.6) is 0 Å². The number of aryl methyl sites for hydroxylation is 1. The summed E-state index contributed by atoms with van der Waals surface area (Å²) < 4.78 is 5.20. The fraction of sp³-hybridized carbons (Fsp3) is 0.480. The van der Waals surface area contributed by atoms with E-state index in [2.05, 4.69) is 12.1 Å². The Labute approximate surface area is 189 Å². The predicted octanol–water partition coefficient (Wildman–Crippen LogP) is 2.83. The molecule has 2 aromatic rings. The van der Waals surface area contributed by atoms with Gasteiger partial charge in [-0.25, -0.2) is 0 Å². The van der Waals surface area contributed by atoms with Crippen molar-refractivity contribution >= 4 is 17.7 Å². The summed E-state index contributed by atoms with van der Waals surface area (Å²) in [6.45, 7) is 3.52. The third kappa shape index (κ3) is 5.39. The smallest absolute Gasteiger partial charge is 0.289 e. The minimum atomic E-state index is -0.111. The van der Waals surface area contributed by atoms with Crippen LogP contribution in [0.3, 0.4) is 0 Å². The molecule has 0 atom stereocenters. The maximum Gasteiger partial charge on any atom is 0.289 e. The molecule has 3 amide bonds. The first-order valence-corrected chi connectivity index (χ1v) is 11.5. The molecular weight excluding hydrogens is 406 g/mol. The van der Waals surface area contributed by atoms with Crippen molar-refractivity contribution in [2.75, 3.05) is 39.3 Å². The number of carbonyl (C=O) groups excluding carboxylic acids is 3. The van der Waals surface area contributed by atoms with Crippen LogP contribution in [0.2, 0.25) is 0 Å². The Morgan fingerprint density at radius 3 is 2.16 bits per heavy atom. The van der Waals surface area contributed by atoms with Crippen LogP contribution in [0.4, 0.5) is 0 Å². The number of piperidine rings is 1. The molecule has 0 unspecified atom stereocenters. The minimum absolute atomic E-state index is 0.0521. The van der Waals surface area contributed by atoms with Gasteiger partial charge < -0.3 is 19.1 Å². The number of hydrogen-bond acceptors (Lipinski definition) is 4. The molecule has 1 aromatic carbocycles. The van der Waals surface area contributed by atoms with E-state index in [1.165, 1.54) is 11.8 Å². The summed E-state index contributed by atoms with van der Waals surface area (Å²) in [5.74, 6) is 0.521. The van der Waals surface area contributed by atoms with E-state index < -0.39 is 0 Å². The summed E-state index contributed by atoms with van der Waals surface area (Å²) in [5, 5.41) is 0. The number of likely N-dealkylation sites (tertiary alicyclic amines) is 1. The van der Waals surface area contributed by atoms with Crippen LogP contribution in [0, 0.1) is 5.92 Å². The normalized spacial score (nSPS) is 17.4. The standard InChI is InChI=1S/C25H31N3O4/c29-23(10-4-8-20-6-2-1-3-7-20)26-15-17-28(18-16-26)24(30)21-11-13-27(14-12-21)25(31)22-9-5-19-32-22/h1-3,5-7,9,19,21H,4,8,10-18H2. The number of furan rings is 1. The SMILES string of the molecule is O=C(CCCc1ccccc1)N1CCN(C(=O)C2CCN(C(=O)c3ccco3)CC2)CC1. The Morgan fingerprint density at radius 1 is 0.812 bits per heavy atom. The number of carbonyl (C=O) groups is 3. The van der Waals surface area contributed by atoms with E-state index in [1.54, 1.807) is 17.0 Å². The van der Waals surface area contributed by atoms with Gasteiger partial charge in [-0.1, -0.05) is 30.3 Å². The van der Waals surface area contributed by atoms with Gasteiger partial charge in [-0.2, -0.15) is 0 Å². The van der Waals surface area contributed by atoms with Crippen LogP contribution in [0.25, 0.3) is 0 Å². The van der Waals surface area contributed by atoms with Gasteiger partial charge in [-0.15, -0.1) is 0 Å². The number of rotatable bonds is 6. The zero-order chi connectivity index (χ0) is 22.3. The van der Waals surface area contributed by atoms with E-state index in [9.17, 15) is 14.4 Å². The minimum Gasteiger partial charge on any atom is -0.459 e. The molecule has 2 saturated heterocycles. The number of nitrogens with zero attached hydrogens (tertiary/aromatic N) is 3. The molecule has 2 aliphatic rings. The second-order valence-corrected chi connectivity index (χ2v) is 8.59. The molecule has 3 heterocycles. The lowest BCUT2D eigenvalue weighted by Crippen LogP contribution is -2.53. The Hall–Kier alpha value is -3.09. The van der Waals surface area contributed by atoms with Crippen molar-refractivity contribution in [3.63, 3.8) is 0 Å². The lowest BCUT2D eigenvalue weighted by atomic mass is 9.94. The summed E-state index contributed by atoms with van der Waals surface area (Å²) in [7, 11) is 0. The monoisotopic (exact) mass is 437 g/mol. The van der Waals surface area contributed by atoms with Crippen LogP contribution < -0.4 is 0 Å². The first-order chi connectivity index (χ1) is 15.6. The Morgan fingerprint density at radius 2 is 1.50 bits per heavy atom. The summed E-state index contributed by atoms with van der Waals surface area (Å²) in [6.07, 6.45) is 5.14. The maximum absolute atomic E-state index is 13.0. The summed E-state index contributed by atoms with van der Waals surface area (Å²) in [5.41, 5.74) is 1.26. The average molecular weight is 438 g/mol. The van der Waals surface area contributed by atoms with Gasteiger partial charge in [0.1, 0.15) is 0 Å². The molecule has 0 bridgehead atoms. The van der Waals surface area contributed by atoms with Crippen molar-refractivity contribution < 1.29 is 18.8 Å². The van der Waals surface area contributed by atoms with Crippen molar-refractivity contribution in [2.24, 2.45) is 5.92 Å². The largest absolute Gasteiger partial charge is 0.459 e. The van der Waals surface area contributed by atoms with Crippen molar-refractivity contribution in [3.8, 4) is 0 Å². The summed E-state index contributed by atoms with van der Waals surface area (Å²) in [4.78, 5) is 43.4. The van der Waals surface area contributed by atoms with Crippen LogP contribution >= 0.6 is 0 Å². The second-order valence-electron chi connectivity index (χ2n) is 8.59. The molecule has 170 valence electrons. The molecule has 0 radical (unpaired) electrons. The van der Waals surface area contributed by atoms with Crippen molar-refractivity contribution in [1.82, 2.24) is 14.7 Å². The number of amides is 3. The molecule has 7 heteroatoms. The second kappa shape index (κ2) is 10.5. The highest BCUT2D eigenvalue weighted by molar-refractivity contribution is 5.91. The molecule has 2 fully saturated rings. The van der Waals surface area contributed by atoms with E-state index in [0.29, 0.717) is 64.3 Å². The summed E-state index contributed by atoms with van der Waals surface area (Å²) in [6, 6.07) is 13.6. The van der Waals surface area contributed by atoms with Crippen LogP contribution in [0.15, 0.2) is 53.1 Å². The topological polar surface area (TPSA) is 74.1 Å². The number of piperazine rings is 1. The van der Waals surface area contributed by atoms with Crippen molar-refractivity contribution in [3.05, 3.63) is 60.1 Å². The van der Waals surface area contributed by atoms with E-state index >= 15 is 0 Å². The van der Waals surface area contributed by atoms with Gasteiger partial charge >= 0.3 is 0 Å². The lowest BCUT2D eigenvalue weighted by Gasteiger charge is -2.38. The lowest BCUT2D eigenvalue weighted by molar-refractivity contribution is -0.143. The third-order valence-corrected chi connectivity index (χ3v) is 6.51. The highest BCUT2D eigenvalue weighted by Crippen LogP contribution is 2.22. The maximum atomic E-state index is 13.0. The first kappa shape index (κ1) is 22.1. The zero-order valence-corrected chi connectivity index (χ0v) is 18.4. The van der Waals surface area contributed by atoms with E-state index in [1.807, 2.05) is 28.0 Å². The molecule has 4 rings (SSSR count). The summed E-state index contributed by atoms with van der Waals surface area (Å²) >= 11 is 0. The highest BCUT2D eigenvalue weighted by Gasteiger charge is 2.33. The average Bonchev–Trinajstić information content (AvgIpc) is 3.39. The third-order valence-electron chi connectivity index (χ3n) is 6.51. The van der Waals surface area contributed by atoms with Gasteiger partial charge in [0.15, 0.2) is 5.76 Å². The Balaban J connectivity index is 1.17. The number of hydrogen-bond donors (Lipinski definition) is 0. The molecule has 0 spiro atoms. The first-order valence-electron chi connectivity index (χ1n) is 11.5. The molecule has 0 saturated carbocycles. The molecule has 0 aliphatic carbocycles. The van der Waals surface area contributed by atoms with Gasteiger partial charge in [0.2, 0.25) is 11.8 Å². The van der Waals surface area contributed by atoms with Crippen LogP contribution in [-0.4, -0.2) is 71.7 Å². The van der Waals surface area contributed by atoms with Crippen LogP contribution in [-0.2, 0) is 16.0 Å². The fourth-order valence-electron chi connectivity index (χ4n) is 4.57. The Kier molecular flexibility index (Phi) is 7.24. The van der Waals surface area contributed by atoms with E-state index in [-0.39, 0.29) is 23.6 Å². The highest BCUT2D eigenvalue weighted by atomic mass is 16.3. The van der Waals surface area contributed by atoms with Gasteiger partial charge in [-0.3, -0.25) is 14.4 Å². The zero-order valence-electron chi connectivity index (χ0n) is 18.4. The van der Waals surface area contributed by atoms with E-state index in [4.69, 9.17) is 4.42 Å². The van der Waals surface area contributed by atoms with Gasteiger partial charge in [0, 0.05) is 51.6 Å². The van der Waals surface area contributed by atoms with Crippen molar-refractivity contribution in [2.45, 2.75) is 32.1 Å². The van der Waals surface area contributed by atoms with Gasteiger partial charge in [0.25, 0.3) is 5.91 Å². The molecule has 0 N–H and O–H groups in total. The quantitative estimate of drug-likeness (QED) is 0.697. The fourth-order valence-corrected chi connectivity index (χ4v) is 4.57. The number of benzene rings is 1. The van der Waals surface area contributed by atoms with Gasteiger partial charge in [0.05, 0.1) is 6.26 Å². The molecular formula is C25H31N3O4. The molecule has 7 nitrogen and oxygen atoms in total.